The molecule has 0 aromatic heterocycles. The van der Waals surface area contributed by atoms with Gasteiger partial charge in [-0.2, -0.15) is 0 Å². The number of benzene rings is 2. The monoisotopic (exact) mass is 410 g/mol. The van der Waals surface area contributed by atoms with Crippen LogP contribution in [0.15, 0.2) is 55.1 Å². The van der Waals surface area contributed by atoms with Crippen molar-refractivity contribution in [1.29, 1.82) is 0 Å². The van der Waals surface area contributed by atoms with Crippen molar-refractivity contribution >= 4 is 23.0 Å². The van der Waals surface area contributed by atoms with Crippen LogP contribution < -0.4 is 15.1 Å². The van der Waals surface area contributed by atoms with Crippen LogP contribution in [0.3, 0.4) is 0 Å². The molecule has 0 spiro atoms. The first-order valence-corrected chi connectivity index (χ1v) is 9.91. The Kier molecular flexibility index (Phi) is 5.39. The van der Waals surface area contributed by atoms with Gasteiger partial charge in [0.15, 0.2) is 0 Å². The summed E-state index contributed by atoms with van der Waals surface area (Å²) in [5, 5.41) is 14.1. The largest absolute Gasteiger partial charge is 0.368 e. The molecule has 0 saturated carbocycles. The van der Waals surface area contributed by atoms with Crippen LogP contribution in [0.25, 0.3) is 0 Å². The van der Waals surface area contributed by atoms with Crippen molar-refractivity contribution in [1.82, 2.24) is 5.32 Å². The van der Waals surface area contributed by atoms with Crippen LogP contribution >= 0.6 is 0 Å². The third kappa shape index (κ3) is 3.72. The van der Waals surface area contributed by atoms with Crippen molar-refractivity contribution in [3.63, 3.8) is 0 Å². The average Bonchev–Trinajstić information content (AvgIpc) is 2.76. The van der Waals surface area contributed by atoms with E-state index in [1.165, 1.54) is 18.2 Å². The number of piperazine rings is 1. The summed E-state index contributed by atoms with van der Waals surface area (Å²) in [5.41, 5.74) is 2.70. The Hall–Kier alpha value is -3.42. The molecule has 0 bridgehead atoms. The first-order chi connectivity index (χ1) is 14.5. The Morgan fingerprint density at radius 1 is 1.27 bits per heavy atom. The van der Waals surface area contributed by atoms with E-state index in [-0.39, 0.29) is 29.4 Å². The molecule has 1 saturated heterocycles. The lowest BCUT2D eigenvalue weighted by atomic mass is 9.83. The van der Waals surface area contributed by atoms with Gasteiger partial charge in [-0.05, 0) is 42.3 Å². The molecule has 0 radical (unpaired) electrons. The maximum absolute atomic E-state index is 13.3. The van der Waals surface area contributed by atoms with E-state index in [0.717, 1.165) is 16.9 Å². The summed E-state index contributed by atoms with van der Waals surface area (Å²) in [6.45, 7) is 5.99. The average molecular weight is 410 g/mol. The summed E-state index contributed by atoms with van der Waals surface area (Å²) in [6, 6.07) is 11.1. The standard InChI is InChI=1S/C22H23FN4O3/c1-2-9-24-22(28)19-13-15-12-18(27(29)30)7-8-20(15)26-11-10-25(14-21(19)26)17-5-3-16(23)4-6-17/h2-8,12,19,21H,1,9-11,13-14H2,(H,24,28)/t19-,21-/m0/s1. The highest BCUT2D eigenvalue weighted by Gasteiger charge is 2.42. The summed E-state index contributed by atoms with van der Waals surface area (Å²) < 4.78 is 13.3. The Balaban J connectivity index is 1.67. The summed E-state index contributed by atoms with van der Waals surface area (Å²) in [6.07, 6.45) is 2.06. The molecule has 2 aromatic rings. The summed E-state index contributed by atoms with van der Waals surface area (Å²) in [4.78, 5) is 28.1. The van der Waals surface area contributed by atoms with Crippen molar-refractivity contribution in [3.8, 4) is 0 Å². The highest BCUT2D eigenvalue weighted by molar-refractivity contribution is 5.82. The Labute approximate surface area is 173 Å². The molecule has 156 valence electrons. The fraction of sp³-hybridized carbons (Fsp3) is 0.318. The summed E-state index contributed by atoms with van der Waals surface area (Å²) in [5.74, 6) is -0.738. The zero-order chi connectivity index (χ0) is 21.3. The SMILES string of the molecule is C=CCNC(=O)[C@H]1Cc2cc([N+](=O)[O-])ccc2N2CCN(c3ccc(F)cc3)C[C@@H]12. The Morgan fingerprint density at radius 3 is 2.73 bits per heavy atom. The lowest BCUT2D eigenvalue weighted by Gasteiger charge is -2.49. The molecule has 8 heteroatoms. The number of non-ortho nitro benzene ring substituents is 1. The number of hydrogen-bond donors (Lipinski definition) is 1. The van der Waals surface area contributed by atoms with Crippen LogP contribution in [0, 0.1) is 21.8 Å². The van der Waals surface area contributed by atoms with Gasteiger partial charge in [-0.15, -0.1) is 6.58 Å². The number of nitrogens with one attached hydrogen (secondary N) is 1. The third-order valence-corrected chi connectivity index (χ3v) is 5.86. The lowest BCUT2D eigenvalue weighted by molar-refractivity contribution is -0.384. The number of amides is 1. The number of hydrogen-bond acceptors (Lipinski definition) is 5. The molecule has 2 atom stereocenters. The molecular weight excluding hydrogens is 387 g/mol. The van der Waals surface area contributed by atoms with E-state index in [9.17, 15) is 19.3 Å². The van der Waals surface area contributed by atoms with Crippen LogP contribution in [0.1, 0.15) is 5.56 Å². The molecule has 7 nitrogen and oxygen atoms in total. The molecule has 0 aliphatic carbocycles. The second kappa shape index (κ2) is 8.14. The fourth-order valence-electron chi connectivity index (χ4n) is 4.41. The second-order valence-corrected chi connectivity index (χ2v) is 7.60. The number of halogens is 1. The number of rotatable bonds is 5. The van der Waals surface area contributed by atoms with E-state index in [0.29, 0.717) is 32.6 Å². The number of carbonyl (C=O) groups excluding carboxylic acids is 1. The first-order valence-electron chi connectivity index (χ1n) is 9.91. The lowest BCUT2D eigenvalue weighted by Crippen LogP contribution is -2.61. The van der Waals surface area contributed by atoms with Crippen molar-refractivity contribution in [2.75, 3.05) is 36.0 Å². The first kappa shape index (κ1) is 19.9. The van der Waals surface area contributed by atoms with Gasteiger partial charge in [0.25, 0.3) is 5.69 Å². The Bertz CT molecular complexity index is 979. The minimum absolute atomic E-state index is 0.0300. The van der Waals surface area contributed by atoms with Crippen LogP contribution in [0.5, 0.6) is 0 Å². The minimum atomic E-state index is -0.411. The molecule has 30 heavy (non-hydrogen) atoms. The molecule has 2 aliphatic rings. The molecule has 2 aliphatic heterocycles. The maximum Gasteiger partial charge on any atom is 0.269 e. The van der Waals surface area contributed by atoms with E-state index in [1.807, 2.05) is 0 Å². The molecule has 1 fully saturated rings. The van der Waals surface area contributed by atoms with Gasteiger partial charge in [-0.3, -0.25) is 14.9 Å². The predicted molar refractivity (Wildman–Crippen MR) is 113 cm³/mol. The van der Waals surface area contributed by atoms with E-state index in [2.05, 4.69) is 21.7 Å². The molecule has 0 unspecified atom stereocenters. The number of nitrogens with zero attached hydrogens (tertiary/aromatic N) is 3. The summed E-state index contributed by atoms with van der Waals surface area (Å²) >= 11 is 0. The second-order valence-electron chi connectivity index (χ2n) is 7.60. The molecule has 2 heterocycles. The smallest absolute Gasteiger partial charge is 0.269 e. The number of nitro benzene ring substituents is 1. The van der Waals surface area contributed by atoms with Crippen molar-refractivity contribution < 1.29 is 14.1 Å². The highest BCUT2D eigenvalue weighted by atomic mass is 19.1. The van der Waals surface area contributed by atoms with Crippen molar-refractivity contribution in [3.05, 3.63) is 76.6 Å². The van der Waals surface area contributed by atoms with Gasteiger partial charge in [0.05, 0.1) is 16.9 Å². The van der Waals surface area contributed by atoms with Crippen molar-refractivity contribution in [2.24, 2.45) is 5.92 Å². The van der Waals surface area contributed by atoms with Crippen LogP contribution in [-0.2, 0) is 11.2 Å². The van der Waals surface area contributed by atoms with Gasteiger partial charge in [0.1, 0.15) is 5.82 Å². The van der Waals surface area contributed by atoms with Crippen LogP contribution in [-0.4, -0.2) is 43.1 Å². The molecule has 2 aromatic carbocycles. The van der Waals surface area contributed by atoms with Gasteiger partial charge < -0.3 is 15.1 Å². The third-order valence-electron chi connectivity index (χ3n) is 5.86. The summed E-state index contributed by atoms with van der Waals surface area (Å²) in [7, 11) is 0. The highest BCUT2D eigenvalue weighted by Crippen LogP contribution is 2.38. The molecule has 4 rings (SSSR count). The van der Waals surface area contributed by atoms with E-state index < -0.39 is 4.92 Å². The van der Waals surface area contributed by atoms with Gasteiger partial charge in [0, 0.05) is 49.7 Å². The number of carbonyl (C=O) groups is 1. The van der Waals surface area contributed by atoms with E-state index in [4.69, 9.17) is 0 Å². The molecular formula is C22H23FN4O3. The Morgan fingerprint density at radius 2 is 2.03 bits per heavy atom. The quantitative estimate of drug-likeness (QED) is 0.466. The van der Waals surface area contributed by atoms with Gasteiger partial charge in [0.2, 0.25) is 5.91 Å². The fourth-order valence-corrected chi connectivity index (χ4v) is 4.41. The van der Waals surface area contributed by atoms with Gasteiger partial charge in [-0.1, -0.05) is 6.08 Å². The van der Waals surface area contributed by atoms with E-state index >= 15 is 0 Å². The molecule has 1 amide bonds. The van der Waals surface area contributed by atoms with Crippen molar-refractivity contribution in [2.45, 2.75) is 12.5 Å². The number of fused-ring (bicyclic) bond motifs is 3. The molecule has 1 N–H and O–H groups in total. The number of anilines is 2. The van der Waals surface area contributed by atoms with Gasteiger partial charge >= 0.3 is 0 Å². The zero-order valence-corrected chi connectivity index (χ0v) is 16.5. The predicted octanol–water partition coefficient (Wildman–Crippen LogP) is 2.90. The normalized spacial score (nSPS) is 20.2. The topological polar surface area (TPSA) is 78.7 Å². The van der Waals surface area contributed by atoms with Crippen LogP contribution in [0.4, 0.5) is 21.5 Å². The number of nitro groups is 1. The minimum Gasteiger partial charge on any atom is -0.368 e. The maximum atomic E-state index is 13.3. The van der Waals surface area contributed by atoms with Gasteiger partial charge in [-0.25, -0.2) is 4.39 Å². The van der Waals surface area contributed by atoms with Crippen LogP contribution in [0.2, 0.25) is 0 Å². The zero-order valence-electron chi connectivity index (χ0n) is 16.5. The van der Waals surface area contributed by atoms with E-state index in [1.54, 1.807) is 30.3 Å².